The number of amides is 1. The van der Waals surface area contributed by atoms with Crippen LogP contribution in [-0.2, 0) is 24.2 Å². The van der Waals surface area contributed by atoms with Crippen molar-refractivity contribution in [1.82, 2.24) is 5.32 Å². The van der Waals surface area contributed by atoms with Gasteiger partial charge in [-0.3, -0.25) is 4.79 Å². The predicted octanol–water partition coefficient (Wildman–Crippen LogP) is 0.929. The molecule has 1 unspecified atom stereocenters. The van der Waals surface area contributed by atoms with Crippen LogP contribution in [0.3, 0.4) is 0 Å². The Morgan fingerprint density at radius 1 is 1.25 bits per heavy atom. The topological polar surface area (TPSA) is 125 Å². The minimum absolute atomic E-state index is 0.0182. The van der Waals surface area contributed by atoms with Crippen molar-refractivity contribution in [3.8, 4) is 11.5 Å². The molecule has 3 rings (SSSR count). The summed E-state index contributed by atoms with van der Waals surface area (Å²) >= 11 is 0. The predicted molar refractivity (Wildman–Crippen MR) is 104 cm³/mol. The Labute approximate surface area is 163 Å². The van der Waals surface area contributed by atoms with Crippen molar-refractivity contribution < 1.29 is 24.9 Å². The fourth-order valence-electron chi connectivity index (χ4n) is 3.49. The highest BCUT2D eigenvalue weighted by Crippen LogP contribution is 2.27. The molecule has 7 nitrogen and oxygen atoms in total. The minimum Gasteiger partial charge on any atom is -0.508 e. The Kier molecular flexibility index (Phi) is 6.51. The average Bonchev–Trinajstić information content (AvgIpc) is 2.70. The van der Waals surface area contributed by atoms with Crippen molar-refractivity contribution in [1.29, 1.82) is 0 Å². The summed E-state index contributed by atoms with van der Waals surface area (Å²) in [5.41, 5.74) is 8.58. The van der Waals surface area contributed by atoms with Crippen LogP contribution in [0.5, 0.6) is 11.5 Å². The molecule has 2 aromatic rings. The highest BCUT2D eigenvalue weighted by atomic mass is 16.5. The number of carbonyl (C=O) groups is 1. The van der Waals surface area contributed by atoms with Crippen LogP contribution >= 0.6 is 0 Å². The number of hydrogen-bond donors (Lipinski definition) is 5. The summed E-state index contributed by atoms with van der Waals surface area (Å²) in [5, 5.41) is 32.7. The van der Waals surface area contributed by atoms with E-state index >= 15 is 0 Å². The summed E-state index contributed by atoms with van der Waals surface area (Å²) in [6.07, 6.45) is 1.94. The van der Waals surface area contributed by atoms with Crippen LogP contribution in [0.15, 0.2) is 36.4 Å². The van der Waals surface area contributed by atoms with E-state index in [4.69, 9.17) is 10.5 Å². The number of nitrogens with one attached hydrogen (secondary N) is 1. The minimum atomic E-state index is -0.738. The maximum atomic E-state index is 10.9. The molecule has 1 aliphatic carbocycles. The third-order valence-electron chi connectivity index (χ3n) is 5.05. The van der Waals surface area contributed by atoms with Gasteiger partial charge in [0.25, 0.3) is 5.91 Å². The SMILES string of the molecule is NC(=O)COc1ccc2c(c1)C[C@@H](NCC(O)c1ccc(O)c(CO)c1)CC2. The van der Waals surface area contributed by atoms with Crippen LogP contribution in [0.1, 0.15) is 34.8 Å². The Morgan fingerprint density at radius 2 is 2.07 bits per heavy atom. The lowest BCUT2D eigenvalue weighted by Crippen LogP contribution is -2.37. The smallest absolute Gasteiger partial charge is 0.255 e. The van der Waals surface area contributed by atoms with E-state index in [-0.39, 0.29) is 25.0 Å². The zero-order valence-electron chi connectivity index (χ0n) is 15.6. The first kappa shape index (κ1) is 20.1. The van der Waals surface area contributed by atoms with Gasteiger partial charge >= 0.3 is 0 Å². The van der Waals surface area contributed by atoms with Gasteiger partial charge in [-0.15, -0.1) is 0 Å². The molecule has 0 bridgehead atoms. The number of rotatable bonds is 8. The number of aryl methyl sites for hydroxylation is 1. The summed E-state index contributed by atoms with van der Waals surface area (Å²) in [7, 11) is 0. The molecule has 0 spiro atoms. The van der Waals surface area contributed by atoms with Crippen LogP contribution in [0.4, 0.5) is 0 Å². The number of aliphatic hydroxyl groups excluding tert-OH is 2. The number of primary amides is 1. The van der Waals surface area contributed by atoms with Crippen LogP contribution in [-0.4, -0.2) is 40.4 Å². The lowest BCUT2D eigenvalue weighted by atomic mass is 9.88. The Bertz CT molecular complexity index is 840. The number of benzene rings is 2. The van der Waals surface area contributed by atoms with Gasteiger partial charge in [0.15, 0.2) is 6.61 Å². The number of aliphatic hydroxyl groups is 2. The van der Waals surface area contributed by atoms with E-state index in [9.17, 15) is 20.1 Å². The van der Waals surface area contributed by atoms with E-state index in [1.165, 1.54) is 11.6 Å². The van der Waals surface area contributed by atoms with Gasteiger partial charge in [-0.2, -0.15) is 0 Å². The second kappa shape index (κ2) is 9.05. The van der Waals surface area contributed by atoms with Crippen molar-refractivity contribution in [3.63, 3.8) is 0 Å². The van der Waals surface area contributed by atoms with Crippen LogP contribution in [0, 0.1) is 0 Å². The van der Waals surface area contributed by atoms with Crippen molar-refractivity contribution in [2.75, 3.05) is 13.2 Å². The molecule has 1 aliphatic rings. The number of nitrogens with two attached hydrogens (primary N) is 1. The quantitative estimate of drug-likeness (QED) is 0.460. The van der Waals surface area contributed by atoms with E-state index in [0.717, 1.165) is 24.8 Å². The normalized spacial score (nSPS) is 17.0. The van der Waals surface area contributed by atoms with Crippen molar-refractivity contribution in [2.45, 2.75) is 38.0 Å². The Balaban J connectivity index is 1.58. The van der Waals surface area contributed by atoms with E-state index < -0.39 is 12.0 Å². The number of hydrogen-bond acceptors (Lipinski definition) is 6. The van der Waals surface area contributed by atoms with E-state index in [1.807, 2.05) is 18.2 Å². The first-order valence-electron chi connectivity index (χ1n) is 9.33. The zero-order chi connectivity index (χ0) is 20.1. The van der Waals surface area contributed by atoms with Gasteiger partial charge in [0.2, 0.25) is 0 Å². The third kappa shape index (κ3) is 5.01. The fourth-order valence-corrected chi connectivity index (χ4v) is 3.49. The molecule has 28 heavy (non-hydrogen) atoms. The first-order valence-corrected chi connectivity index (χ1v) is 9.33. The summed E-state index contributed by atoms with van der Waals surface area (Å²) < 4.78 is 5.38. The molecule has 0 aromatic heterocycles. The highest BCUT2D eigenvalue weighted by Gasteiger charge is 2.20. The molecule has 0 radical (unpaired) electrons. The third-order valence-corrected chi connectivity index (χ3v) is 5.05. The van der Waals surface area contributed by atoms with Crippen molar-refractivity contribution >= 4 is 5.91 Å². The molecule has 6 N–H and O–H groups in total. The van der Waals surface area contributed by atoms with Crippen LogP contribution < -0.4 is 15.8 Å². The van der Waals surface area contributed by atoms with Gasteiger partial charge in [-0.1, -0.05) is 12.1 Å². The van der Waals surface area contributed by atoms with Gasteiger partial charge in [0.05, 0.1) is 12.7 Å². The van der Waals surface area contributed by atoms with Crippen molar-refractivity contribution in [2.24, 2.45) is 5.73 Å². The number of carbonyl (C=O) groups excluding carboxylic acids is 1. The molecule has 0 aliphatic heterocycles. The highest BCUT2D eigenvalue weighted by molar-refractivity contribution is 5.75. The molecule has 0 saturated heterocycles. The zero-order valence-corrected chi connectivity index (χ0v) is 15.6. The molecule has 150 valence electrons. The summed E-state index contributed by atoms with van der Waals surface area (Å²) in [6.45, 7) is -0.0536. The van der Waals surface area contributed by atoms with Gasteiger partial charge in [0.1, 0.15) is 11.5 Å². The number of fused-ring (bicyclic) bond motifs is 1. The molecule has 2 aromatic carbocycles. The number of aromatic hydroxyl groups is 1. The van der Waals surface area contributed by atoms with Gasteiger partial charge in [-0.05, 0) is 60.2 Å². The summed E-state index contributed by atoms with van der Waals surface area (Å²) in [4.78, 5) is 10.9. The molecule has 0 heterocycles. The monoisotopic (exact) mass is 386 g/mol. The van der Waals surface area contributed by atoms with Gasteiger partial charge in [0, 0.05) is 18.2 Å². The van der Waals surface area contributed by atoms with Crippen LogP contribution in [0.2, 0.25) is 0 Å². The van der Waals surface area contributed by atoms with E-state index in [2.05, 4.69) is 5.32 Å². The van der Waals surface area contributed by atoms with Crippen molar-refractivity contribution in [3.05, 3.63) is 58.7 Å². The first-order chi connectivity index (χ1) is 13.5. The Hall–Kier alpha value is -2.61. The molecular formula is C21H26N2O5. The number of phenols is 1. The standard InChI is InChI=1S/C21H26N2O5/c22-21(27)12-28-18-5-2-13-1-4-17(8-15(13)9-18)23-10-20(26)14-3-6-19(25)16(7-14)11-24/h2-3,5-7,9,17,20,23-26H,1,4,8,10-12H2,(H2,22,27)/t17-,20?/m0/s1. The molecule has 0 saturated carbocycles. The lowest BCUT2D eigenvalue weighted by Gasteiger charge is -2.27. The van der Waals surface area contributed by atoms with Crippen LogP contribution in [0.25, 0.3) is 0 Å². The second-order valence-electron chi connectivity index (χ2n) is 7.10. The van der Waals surface area contributed by atoms with E-state index in [0.29, 0.717) is 23.4 Å². The lowest BCUT2D eigenvalue weighted by molar-refractivity contribution is -0.119. The van der Waals surface area contributed by atoms with Gasteiger partial charge < -0.3 is 31.1 Å². The Morgan fingerprint density at radius 3 is 2.82 bits per heavy atom. The summed E-state index contributed by atoms with van der Waals surface area (Å²) in [5.74, 6) is 0.133. The summed E-state index contributed by atoms with van der Waals surface area (Å²) in [6, 6.07) is 10.8. The van der Waals surface area contributed by atoms with Gasteiger partial charge in [-0.25, -0.2) is 0 Å². The molecule has 0 fully saturated rings. The fraction of sp³-hybridized carbons (Fsp3) is 0.381. The number of ether oxygens (including phenoxy) is 1. The second-order valence-corrected chi connectivity index (χ2v) is 7.10. The average molecular weight is 386 g/mol. The molecular weight excluding hydrogens is 360 g/mol. The maximum absolute atomic E-state index is 10.9. The largest absolute Gasteiger partial charge is 0.508 e. The molecule has 1 amide bonds. The molecule has 7 heteroatoms. The maximum Gasteiger partial charge on any atom is 0.255 e. The van der Waals surface area contributed by atoms with E-state index in [1.54, 1.807) is 12.1 Å². The molecule has 2 atom stereocenters.